The molecule has 4 rings (SSSR count). The molecule has 0 fully saturated rings. The van der Waals surface area contributed by atoms with Crippen LogP contribution in [0.15, 0.2) is 102 Å². The van der Waals surface area contributed by atoms with E-state index in [-0.39, 0.29) is 0 Å². The van der Waals surface area contributed by atoms with Crippen molar-refractivity contribution < 1.29 is 4.79 Å². The normalized spacial score (nSPS) is 9.42. The second-order valence-corrected chi connectivity index (χ2v) is 7.67. The average Bonchev–Trinajstić information content (AvgIpc) is 2.86. The Morgan fingerprint density at radius 2 is 1.67 bits per heavy atom. The lowest BCUT2D eigenvalue weighted by molar-refractivity contribution is -0.109. The fourth-order valence-electron chi connectivity index (χ4n) is 2.66. The van der Waals surface area contributed by atoms with Crippen LogP contribution in [0.5, 0.6) is 0 Å². The molecule has 7 heteroatoms. The molecule has 0 spiro atoms. The maximum Gasteiger partial charge on any atom is 0.207 e. The molecule has 0 saturated heterocycles. The van der Waals surface area contributed by atoms with Gasteiger partial charge in [-0.15, -0.1) is 12.6 Å². The Kier molecular flexibility index (Phi) is 11.4. The van der Waals surface area contributed by atoms with Gasteiger partial charge in [-0.2, -0.15) is 0 Å². The van der Waals surface area contributed by atoms with Crippen LogP contribution in [0.3, 0.4) is 0 Å². The number of hydrogen-bond acceptors (Lipinski definition) is 5. The molecule has 0 saturated carbocycles. The van der Waals surface area contributed by atoms with Crippen molar-refractivity contribution in [2.75, 3.05) is 18.1 Å². The van der Waals surface area contributed by atoms with E-state index in [9.17, 15) is 4.79 Å². The van der Waals surface area contributed by atoms with Gasteiger partial charge < -0.3 is 16.4 Å². The van der Waals surface area contributed by atoms with Gasteiger partial charge in [-0.3, -0.25) is 9.78 Å². The van der Waals surface area contributed by atoms with Crippen molar-refractivity contribution in [1.29, 1.82) is 0 Å². The SMILES string of the molecule is CNc1ccc(N)cc1.O=CNCc1cccnc1.Sc1ccccc1-c1ccc(Cl)cc1. The summed E-state index contributed by atoms with van der Waals surface area (Å²) in [7, 11) is 1.88. The highest BCUT2D eigenvalue weighted by molar-refractivity contribution is 7.80. The van der Waals surface area contributed by atoms with Crippen LogP contribution >= 0.6 is 24.2 Å². The largest absolute Gasteiger partial charge is 0.399 e. The first-order valence-electron chi connectivity index (χ1n) is 10.2. The van der Waals surface area contributed by atoms with Gasteiger partial charge in [0.1, 0.15) is 0 Å². The van der Waals surface area contributed by atoms with Crippen LogP contribution in [0.4, 0.5) is 11.4 Å². The number of rotatable bonds is 5. The van der Waals surface area contributed by atoms with Gasteiger partial charge in [0.05, 0.1) is 0 Å². The quantitative estimate of drug-likeness (QED) is 0.163. The van der Waals surface area contributed by atoms with E-state index < -0.39 is 0 Å². The molecular formula is C26H27ClN4OS. The minimum absolute atomic E-state index is 0.553. The molecule has 170 valence electrons. The Hall–Kier alpha value is -3.48. The van der Waals surface area contributed by atoms with E-state index in [0.717, 1.165) is 38.0 Å². The number of carbonyl (C=O) groups excluding carboxylic acids is 1. The number of aromatic nitrogens is 1. The van der Waals surface area contributed by atoms with Crippen LogP contribution in [-0.4, -0.2) is 18.4 Å². The third-order valence-electron chi connectivity index (χ3n) is 4.37. The Morgan fingerprint density at radius 3 is 2.24 bits per heavy atom. The zero-order valence-electron chi connectivity index (χ0n) is 18.3. The van der Waals surface area contributed by atoms with E-state index in [1.54, 1.807) is 12.4 Å². The summed E-state index contributed by atoms with van der Waals surface area (Å²) in [4.78, 5) is 14.7. The van der Waals surface area contributed by atoms with Crippen molar-refractivity contribution in [3.05, 3.63) is 108 Å². The fraction of sp³-hybridized carbons (Fsp3) is 0.0769. The van der Waals surface area contributed by atoms with Gasteiger partial charge in [0.15, 0.2) is 0 Å². The standard InChI is InChI=1S/C12H9ClS.C7H8N2O.C7H10N2/c13-10-7-5-9(6-8-10)11-3-1-2-4-12(11)14;10-6-9-5-7-2-1-3-8-4-7;1-9-7-4-2-6(8)3-5-7/h1-8,14H;1-4,6H,5H2,(H,9,10);2-5,9H,8H2,1H3. The smallest absolute Gasteiger partial charge is 0.207 e. The van der Waals surface area contributed by atoms with Crippen molar-refractivity contribution in [2.24, 2.45) is 0 Å². The Labute approximate surface area is 205 Å². The third-order valence-corrected chi connectivity index (χ3v) is 5.01. The Morgan fingerprint density at radius 1 is 0.970 bits per heavy atom. The first-order chi connectivity index (χ1) is 16.0. The number of carbonyl (C=O) groups is 1. The monoisotopic (exact) mass is 478 g/mol. The molecular weight excluding hydrogens is 452 g/mol. The molecule has 5 nitrogen and oxygen atoms in total. The second-order valence-electron chi connectivity index (χ2n) is 6.76. The Bertz CT molecular complexity index is 1090. The fourth-order valence-corrected chi connectivity index (χ4v) is 3.07. The van der Waals surface area contributed by atoms with Gasteiger partial charge in [0.2, 0.25) is 6.41 Å². The molecule has 0 aliphatic carbocycles. The summed E-state index contributed by atoms with van der Waals surface area (Å²) in [6.07, 6.45) is 4.09. The minimum atomic E-state index is 0.553. The van der Waals surface area contributed by atoms with Gasteiger partial charge in [-0.25, -0.2) is 0 Å². The number of thiol groups is 1. The summed E-state index contributed by atoms with van der Waals surface area (Å²) >= 11 is 10.2. The highest BCUT2D eigenvalue weighted by Crippen LogP contribution is 2.26. The van der Waals surface area contributed by atoms with Crippen LogP contribution in [0.1, 0.15) is 5.56 Å². The van der Waals surface area contributed by atoms with Crippen LogP contribution in [0.2, 0.25) is 5.02 Å². The van der Waals surface area contributed by atoms with Gasteiger partial charge >= 0.3 is 0 Å². The van der Waals surface area contributed by atoms with Gasteiger partial charge in [-0.1, -0.05) is 48.0 Å². The average molecular weight is 479 g/mol. The number of amides is 1. The van der Waals surface area contributed by atoms with Crippen LogP contribution in [0, 0.1) is 0 Å². The van der Waals surface area contributed by atoms with Crippen molar-refractivity contribution >= 4 is 42.0 Å². The number of pyridine rings is 1. The van der Waals surface area contributed by atoms with Gasteiger partial charge in [-0.05, 0) is 65.2 Å². The molecule has 0 aliphatic heterocycles. The lowest BCUT2D eigenvalue weighted by atomic mass is 10.1. The molecule has 0 atom stereocenters. The van der Waals surface area contributed by atoms with Gasteiger partial charge in [0, 0.05) is 47.3 Å². The first kappa shape index (κ1) is 25.8. The molecule has 4 aromatic rings. The summed E-state index contributed by atoms with van der Waals surface area (Å²) in [6, 6.07) is 27.1. The van der Waals surface area contributed by atoms with E-state index in [1.165, 1.54) is 0 Å². The molecule has 1 heterocycles. The number of benzene rings is 3. The molecule has 0 bridgehead atoms. The predicted molar refractivity (Wildman–Crippen MR) is 142 cm³/mol. The van der Waals surface area contributed by atoms with Crippen molar-refractivity contribution in [3.8, 4) is 11.1 Å². The molecule has 0 unspecified atom stereocenters. The number of nitrogen functional groups attached to an aromatic ring is 1. The lowest BCUT2D eigenvalue weighted by Gasteiger charge is -2.04. The molecule has 1 amide bonds. The highest BCUT2D eigenvalue weighted by Gasteiger charge is 2.00. The summed E-state index contributed by atoms with van der Waals surface area (Å²) in [5, 5.41) is 6.30. The summed E-state index contributed by atoms with van der Waals surface area (Å²) < 4.78 is 0. The van der Waals surface area contributed by atoms with Crippen molar-refractivity contribution in [2.45, 2.75) is 11.4 Å². The number of anilines is 2. The summed E-state index contributed by atoms with van der Waals surface area (Å²) in [5.74, 6) is 0. The highest BCUT2D eigenvalue weighted by atomic mass is 35.5. The van der Waals surface area contributed by atoms with E-state index in [4.69, 9.17) is 17.3 Å². The number of halogens is 1. The number of nitrogens with zero attached hydrogens (tertiary/aromatic N) is 1. The maximum atomic E-state index is 9.85. The van der Waals surface area contributed by atoms with E-state index >= 15 is 0 Å². The Balaban J connectivity index is 0.000000181. The minimum Gasteiger partial charge on any atom is -0.399 e. The molecule has 33 heavy (non-hydrogen) atoms. The molecule has 0 radical (unpaired) electrons. The zero-order valence-corrected chi connectivity index (χ0v) is 19.9. The lowest BCUT2D eigenvalue weighted by Crippen LogP contribution is -2.09. The molecule has 1 aromatic heterocycles. The zero-order chi connectivity index (χ0) is 23.9. The molecule has 3 aromatic carbocycles. The van der Waals surface area contributed by atoms with Crippen LogP contribution in [-0.2, 0) is 11.3 Å². The number of nitrogens with one attached hydrogen (secondary N) is 2. The summed E-state index contributed by atoms with van der Waals surface area (Å²) in [5.41, 5.74) is 10.6. The van der Waals surface area contributed by atoms with Crippen LogP contribution in [0.25, 0.3) is 11.1 Å². The van der Waals surface area contributed by atoms with E-state index in [0.29, 0.717) is 13.0 Å². The second kappa shape index (κ2) is 14.6. The molecule has 4 N–H and O–H groups in total. The number of hydrogen-bond donors (Lipinski definition) is 4. The maximum absolute atomic E-state index is 9.85. The third kappa shape index (κ3) is 9.68. The molecule has 0 aliphatic rings. The van der Waals surface area contributed by atoms with E-state index in [1.807, 2.05) is 92.0 Å². The van der Waals surface area contributed by atoms with Gasteiger partial charge in [0.25, 0.3) is 0 Å². The van der Waals surface area contributed by atoms with Crippen molar-refractivity contribution in [3.63, 3.8) is 0 Å². The predicted octanol–water partition coefficient (Wildman–Crippen LogP) is 5.93. The van der Waals surface area contributed by atoms with E-state index in [2.05, 4.69) is 28.2 Å². The number of nitrogens with two attached hydrogens (primary N) is 1. The summed E-state index contributed by atoms with van der Waals surface area (Å²) in [6.45, 7) is 0.553. The first-order valence-corrected chi connectivity index (χ1v) is 11.0. The topological polar surface area (TPSA) is 80.0 Å². The van der Waals surface area contributed by atoms with Crippen molar-refractivity contribution in [1.82, 2.24) is 10.3 Å². The van der Waals surface area contributed by atoms with Crippen LogP contribution < -0.4 is 16.4 Å².